The van der Waals surface area contributed by atoms with E-state index in [-0.39, 0.29) is 6.10 Å². The molecule has 78 valence electrons. The molecule has 1 unspecified atom stereocenters. The van der Waals surface area contributed by atoms with Crippen LogP contribution in [0.5, 0.6) is 5.88 Å². The Balaban J connectivity index is 2.81. The van der Waals surface area contributed by atoms with E-state index in [9.17, 15) is 0 Å². The topological polar surface area (TPSA) is 73.1 Å². The lowest BCUT2D eigenvalue weighted by atomic mass is 10.3. The second-order valence-electron chi connectivity index (χ2n) is 3.15. The van der Waals surface area contributed by atoms with Crippen LogP contribution in [0.15, 0.2) is 6.07 Å². The molecule has 0 amide bonds. The number of aryl methyl sites for hydroxylation is 1. The smallest absolute Gasteiger partial charge is 0.240 e. The van der Waals surface area contributed by atoms with Crippen LogP contribution in [0.25, 0.3) is 0 Å². The first-order valence-corrected chi connectivity index (χ1v) is 4.64. The molecule has 3 N–H and O–H groups in total. The van der Waals surface area contributed by atoms with E-state index >= 15 is 0 Å². The zero-order chi connectivity index (χ0) is 10.6. The van der Waals surface area contributed by atoms with E-state index in [2.05, 4.69) is 22.3 Å². The van der Waals surface area contributed by atoms with Crippen molar-refractivity contribution in [2.75, 3.05) is 5.43 Å². The highest BCUT2D eigenvalue weighted by atomic mass is 16.5. The largest absolute Gasteiger partial charge is 0.475 e. The van der Waals surface area contributed by atoms with E-state index in [0.29, 0.717) is 11.8 Å². The van der Waals surface area contributed by atoms with Gasteiger partial charge < -0.3 is 4.74 Å². The average Bonchev–Trinajstić information content (AvgIpc) is 2.16. The van der Waals surface area contributed by atoms with Crippen molar-refractivity contribution in [3.63, 3.8) is 0 Å². The lowest BCUT2D eigenvalue weighted by Gasteiger charge is -2.12. The maximum atomic E-state index is 5.54. The third-order valence-corrected chi connectivity index (χ3v) is 1.86. The summed E-state index contributed by atoms with van der Waals surface area (Å²) in [5, 5.41) is 0. The van der Waals surface area contributed by atoms with Crippen molar-refractivity contribution in [2.45, 2.75) is 33.3 Å². The predicted octanol–water partition coefficient (Wildman–Crippen LogP) is 1.25. The zero-order valence-corrected chi connectivity index (χ0v) is 8.74. The number of rotatable bonds is 4. The number of hydrogen-bond acceptors (Lipinski definition) is 5. The van der Waals surface area contributed by atoms with Crippen molar-refractivity contribution in [3.8, 4) is 5.88 Å². The van der Waals surface area contributed by atoms with Gasteiger partial charge in [0.15, 0.2) is 0 Å². The third-order valence-electron chi connectivity index (χ3n) is 1.86. The molecule has 0 fully saturated rings. The quantitative estimate of drug-likeness (QED) is 0.560. The molecule has 0 aliphatic rings. The lowest BCUT2D eigenvalue weighted by molar-refractivity contribution is 0.208. The molecular weight excluding hydrogens is 180 g/mol. The van der Waals surface area contributed by atoms with E-state index in [1.807, 2.05) is 13.8 Å². The first kappa shape index (κ1) is 10.7. The van der Waals surface area contributed by atoms with E-state index in [0.717, 1.165) is 12.1 Å². The Labute approximate surface area is 83.7 Å². The molecule has 0 bridgehead atoms. The highest BCUT2D eigenvalue weighted by Crippen LogP contribution is 2.13. The first-order chi connectivity index (χ1) is 6.65. The normalized spacial score (nSPS) is 12.3. The molecule has 1 aromatic rings. The Morgan fingerprint density at radius 3 is 2.86 bits per heavy atom. The molecular formula is C9H16N4O. The molecule has 1 atom stereocenters. The number of nitrogens with two attached hydrogens (primary N) is 1. The number of hydrogen-bond donors (Lipinski definition) is 2. The summed E-state index contributed by atoms with van der Waals surface area (Å²) >= 11 is 0. The van der Waals surface area contributed by atoms with Crippen LogP contribution in [0.1, 0.15) is 26.0 Å². The molecule has 1 aromatic heterocycles. The summed E-state index contributed by atoms with van der Waals surface area (Å²) in [6.07, 6.45) is 1.09. The van der Waals surface area contributed by atoms with Gasteiger partial charge in [0.05, 0.1) is 6.10 Å². The molecule has 0 saturated heterocycles. The second kappa shape index (κ2) is 4.76. The van der Waals surface area contributed by atoms with Gasteiger partial charge in [-0.1, -0.05) is 6.92 Å². The van der Waals surface area contributed by atoms with Crippen molar-refractivity contribution < 1.29 is 4.74 Å². The summed E-state index contributed by atoms with van der Waals surface area (Å²) in [4.78, 5) is 8.13. The minimum Gasteiger partial charge on any atom is -0.475 e. The van der Waals surface area contributed by atoms with E-state index in [4.69, 9.17) is 10.6 Å². The van der Waals surface area contributed by atoms with Crippen LogP contribution < -0.4 is 16.0 Å². The number of anilines is 1. The minimum absolute atomic E-state index is 0.148. The maximum absolute atomic E-state index is 5.54. The Hall–Kier alpha value is -1.36. The first-order valence-electron chi connectivity index (χ1n) is 4.64. The van der Waals surface area contributed by atoms with Crippen molar-refractivity contribution in [1.82, 2.24) is 9.97 Å². The van der Waals surface area contributed by atoms with Gasteiger partial charge in [0, 0.05) is 11.8 Å². The molecule has 0 aromatic carbocycles. The second-order valence-corrected chi connectivity index (χ2v) is 3.15. The molecule has 0 aliphatic carbocycles. The maximum Gasteiger partial charge on any atom is 0.240 e. The van der Waals surface area contributed by atoms with Gasteiger partial charge in [-0.15, -0.1) is 0 Å². The summed E-state index contributed by atoms with van der Waals surface area (Å²) < 4.78 is 5.54. The van der Waals surface area contributed by atoms with E-state index in [1.165, 1.54) is 0 Å². The lowest BCUT2D eigenvalue weighted by Crippen LogP contribution is -2.14. The van der Waals surface area contributed by atoms with Crippen molar-refractivity contribution >= 4 is 5.95 Å². The van der Waals surface area contributed by atoms with Crippen molar-refractivity contribution in [1.29, 1.82) is 0 Å². The van der Waals surface area contributed by atoms with E-state index < -0.39 is 0 Å². The molecule has 1 heterocycles. The summed E-state index contributed by atoms with van der Waals surface area (Å²) in [6, 6.07) is 1.78. The Morgan fingerprint density at radius 2 is 2.29 bits per heavy atom. The number of nitrogens with one attached hydrogen (secondary N) is 1. The molecule has 5 heteroatoms. The van der Waals surface area contributed by atoms with Gasteiger partial charge in [-0.2, -0.15) is 4.98 Å². The highest BCUT2D eigenvalue weighted by molar-refractivity contribution is 5.28. The van der Waals surface area contributed by atoms with Gasteiger partial charge in [-0.05, 0) is 20.3 Å². The summed E-state index contributed by atoms with van der Waals surface area (Å²) in [6.45, 7) is 5.92. The molecule has 14 heavy (non-hydrogen) atoms. The number of nitrogens with zero attached hydrogens (tertiary/aromatic N) is 2. The fourth-order valence-electron chi connectivity index (χ4n) is 0.954. The average molecular weight is 196 g/mol. The van der Waals surface area contributed by atoms with Gasteiger partial charge >= 0.3 is 0 Å². The van der Waals surface area contributed by atoms with Crippen LogP contribution in [0, 0.1) is 6.92 Å². The van der Waals surface area contributed by atoms with Gasteiger partial charge in [0.25, 0.3) is 0 Å². The fraction of sp³-hybridized carbons (Fsp3) is 0.556. The molecule has 5 nitrogen and oxygen atoms in total. The molecule has 0 radical (unpaired) electrons. The predicted molar refractivity (Wildman–Crippen MR) is 55.0 cm³/mol. The summed E-state index contributed by atoms with van der Waals surface area (Å²) in [5.74, 6) is 6.15. The third kappa shape index (κ3) is 2.85. The van der Waals surface area contributed by atoms with Gasteiger partial charge in [0.1, 0.15) is 0 Å². The zero-order valence-electron chi connectivity index (χ0n) is 8.74. The number of hydrazine groups is 1. The standard InChI is InChI=1S/C9H16N4O/c1-4-7(3)14-8-5-6(2)11-9(12-8)13-10/h5,7H,4,10H2,1-3H3,(H,11,12,13). The number of ether oxygens (including phenoxy) is 1. The SMILES string of the molecule is CCC(C)Oc1cc(C)nc(NN)n1. The Morgan fingerprint density at radius 1 is 1.57 bits per heavy atom. The monoisotopic (exact) mass is 196 g/mol. The number of aromatic nitrogens is 2. The van der Waals surface area contributed by atoms with E-state index in [1.54, 1.807) is 6.07 Å². The summed E-state index contributed by atoms with van der Waals surface area (Å²) in [5.41, 5.74) is 3.22. The van der Waals surface area contributed by atoms with Crippen LogP contribution in [0.2, 0.25) is 0 Å². The molecule has 0 spiro atoms. The Kier molecular flexibility index (Phi) is 3.64. The molecule has 1 rings (SSSR count). The molecule has 0 aliphatic heterocycles. The van der Waals surface area contributed by atoms with Crippen LogP contribution in [-0.4, -0.2) is 16.1 Å². The minimum atomic E-state index is 0.148. The van der Waals surface area contributed by atoms with Crippen LogP contribution >= 0.6 is 0 Å². The van der Waals surface area contributed by atoms with Crippen LogP contribution in [0.3, 0.4) is 0 Å². The van der Waals surface area contributed by atoms with Gasteiger partial charge in [-0.3, -0.25) is 5.43 Å². The number of nitrogen functional groups attached to an aromatic ring is 1. The van der Waals surface area contributed by atoms with Crippen LogP contribution in [0.4, 0.5) is 5.95 Å². The van der Waals surface area contributed by atoms with Crippen LogP contribution in [-0.2, 0) is 0 Å². The van der Waals surface area contributed by atoms with Crippen molar-refractivity contribution in [2.24, 2.45) is 5.84 Å². The van der Waals surface area contributed by atoms with Gasteiger partial charge in [-0.25, -0.2) is 10.8 Å². The van der Waals surface area contributed by atoms with Crippen molar-refractivity contribution in [3.05, 3.63) is 11.8 Å². The Bertz CT molecular complexity index is 303. The fourth-order valence-corrected chi connectivity index (χ4v) is 0.954. The van der Waals surface area contributed by atoms with Gasteiger partial charge in [0.2, 0.25) is 11.8 Å². The summed E-state index contributed by atoms with van der Waals surface area (Å²) in [7, 11) is 0. The molecule has 0 saturated carbocycles. The highest BCUT2D eigenvalue weighted by Gasteiger charge is 2.05.